The molecule has 3 aromatic rings. The third-order valence-corrected chi connectivity index (χ3v) is 7.38. The maximum Gasteiger partial charge on any atom is 0.326 e. The Morgan fingerprint density at radius 3 is 2.59 bits per heavy atom. The second-order valence-electron chi connectivity index (χ2n) is 9.46. The molecule has 0 bridgehead atoms. The molecule has 2 aliphatic rings. The first kappa shape index (κ1) is 22.8. The van der Waals surface area contributed by atoms with Crippen molar-refractivity contribution in [2.75, 3.05) is 37.0 Å². The number of nitrogens with zero attached hydrogens (tertiary/aromatic N) is 2. The zero-order valence-corrected chi connectivity index (χ0v) is 20.4. The molecule has 5 nitrogen and oxygen atoms in total. The number of hydrogen-bond acceptors (Lipinski definition) is 3. The van der Waals surface area contributed by atoms with E-state index in [1.54, 1.807) is 19.2 Å². The molecular weight excluding hydrogens is 446 g/mol. The average molecular weight is 476 g/mol. The SMILES string of the molecule is COc1ccc2c(c1)C1(CCN(Cc3cccc(C)c3)CC1)CN2C(=O)Nc1cccc(Cl)c1. The zero-order valence-electron chi connectivity index (χ0n) is 19.7. The Kier molecular flexibility index (Phi) is 6.24. The van der Waals surface area contributed by atoms with Gasteiger partial charge in [0.2, 0.25) is 0 Å². The summed E-state index contributed by atoms with van der Waals surface area (Å²) in [6, 6.07) is 21.9. The number of urea groups is 1. The van der Waals surface area contributed by atoms with E-state index in [1.165, 1.54) is 16.7 Å². The number of fused-ring (bicyclic) bond motifs is 2. The van der Waals surface area contributed by atoms with Crippen LogP contribution in [0.2, 0.25) is 5.02 Å². The first-order chi connectivity index (χ1) is 16.5. The van der Waals surface area contributed by atoms with Gasteiger partial charge in [-0.3, -0.25) is 9.80 Å². The van der Waals surface area contributed by atoms with Gasteiger partial charge in [-0.05, 0) is 80.4 Å². The molecule has 1 fully saturated rings. The lowest BCUT2D eigenvalue weighted by Gasteiger charge is -2.40. The lowest BCUT2D eigenvalue weighted by molar-refractivity contribution is 0.160. The monoisotopic (exact) mass is 475 g/mol. The van der Waals surface area contributed by atoms with E-state index >= 15 is 0 Å². The normalized spacial score (nSPS) is 17.0. The summed E-state index contributed by atoms with van der Waals surface area (Å²) in [4.78, 5) is 17.7. The van der Waals surface area contributed by atoms with Crippen molar-refractivity contribution in [2.24, 2.45) is 0 Å². The number of ether oxygens (including phenoxy) is 1. The fourth-order valence-electron chi connectivity index (χ4n) is 5.35. The molecule has 0 aromatic heterocycles. The molecule has 2 amide bonds. The van der Waals surface area contributed by atoms with Gasteiger partial charge in [-0.2, -0.15) is 0 Å². The molecule has 0 radical (unpaired) electrons. The number of anilines is 2. The molecule has 0 aliphatic carbocycles. The van der Waals surface area contributed by atoms with E-state index in [4.69, 9.17) is 16.3 Å². The predicted molar refractivity (Wildman–Crippen MR) is 138 cm³/mol. The molecule has 1 spiro atoms. The fraction of sp³-hybridized carbons (Fsp3) is 0.321. The summed E-state index contributed by atoms with van der Waals surface area (Å²) in [5, 5.41) is 3.62. The number of piperidine rings is 1. The van der Waals surface area contributed by atoms with Crippen LogP contribution in [0.5, 0.6) is 5.75 Å². The number of methoxy groups -OCH3 is 1. The summed E-state index contributed by atoms with van der Waals surface area (Å²) in [5.74, 6) is 0.831. The van der Waals surface area contributed by atoms with Crippen molar-refractivity contribution < 1.29 is 9.53 Å². The molecule has 3 aromatic carbocycles. The molecule has 0 atom stereocenters. The highest BCUT2D eigenvalue weighted by atomic mass is 35.5. The van der Waals surface area contributed by atoms with E-state index in [-0.39, 0.29) is 11.4 Å². The van der Waals surface area contributed by atoms with Crippen LogP contribution in [-0.2, 0) is 12.0 Å². The molecule has 6 heteroatoms. The Morgan fingerprint density at radius 2 is 1.85 bits per heavy atom. The van der Waals surface area contributed by atoms with Crippen LogP contribution in [0, 0.1) is 6.92 Å². The molecule has 5 rings (SSSR count). The van der Waals surface area contributed by atoms with Gasteiger partial charge in [0.25, 0.3) is 0 Å². The minimum absolute atomic E-state index is 0.0708. The smallest absolute Gasteiger partial charge is 0.326 e. The number of carbonyl (C=O) groups is 1. The topological polar surface area (TPSA) is 44.8 Å². The number of halogens is 1. The Morgan fingerprint density at radius 1 is 1.06 bits per heavy atom. The van der Waals surface area contributed by atoms with Crippen LogP contribution in [0.3, 0.4) is 0 Å². The number of carbonyl (C=O) groups excluding carboxylic acids is 1. The van der Waals surface area contributed by atoms with Gasteiger partial charge in [-0.15, -0.1) is 0 Å². The second-order valence-corrected chi connectivity index (χ2v) is 9.89. The van der Waals surface area contributed by atoms with Crippen molar-refractivity contribution in [3.8, 4) is 5.75 Å². The van der Waals surface area contributed by atoms with Gasteiger partial charge < -0.3 is 10.1 Å². The largest absolute Gasteiger partial charge is 0.497 e. The van der Waals surface area contributed by atoms with Crippen molar-refractivity contribution in [2.45, 2.75) is 31.7 Å². The number of benzene rings is 3. The van der Waals surface area contributed by atoms with Crippen molar-refractivity contribution in [3.63, 3.8) is 0 Å². The van der Waals surface area contributed by atoms with Crippen LogP contribution in [-0.4, -0.2) is 37.7 Å². The predicted octanol–water partition coefficient (Wildman–Crippen LogP) is 6.24. The van der Waals surface area contributed by atoms with Gasteiger partial charge in [0.1, 0.15) is 5.75 Å². The molecule has 0 unspecified atom stereocenters. The van der Waals surface area contributed by atoms with Crippen LogP contribution < -0.4 is 15.0 Å². The second kappa shape index (κ2) is 9.32. The van der Waals surface area contributed by atoms with Crippen molar-refractivity contribution in [1.82, 2.24) is 4.90 Å². The highest BCUT2D eigenvalue weighted by molar-refractivity contribution is 6.30. The lowest BCUT2D eigenvalue weighted by atomic mass is 9.74. The van der Waals surface area contributed by atoms with Crippen LogP contribution in [0.15, 0.2) is 66.7 Å². The zero-order chi connectivity index (χ0) is 23.7. The van der Waals surface area contributed by atoms with E-state index in [0.717, 1.165) is 43.9 Å². The average Bonchev–Trinajstić information content (AvgIpc) is 3.14. The molecule has 0 saturated carbocycles. The number of amides is 2. The number of hydrogen-bond donors (Lipinski definition) is 1. The summed E-state index contributed by atoms with van der Waals surface area (Å²) in [5.41, 5.74) is 5.45. The first-order valence-electron chi connectivity index (χ1n) is 11.8. The number of nitrogens with one attached hydrogen (secondary N) is 1. The van der Waals surface area contributed by atoms with Gasteiger partial charge >= 0.3 is 6.03 Å². The van der Waals surface area contributed by atoms with E-state index in [9.17, 15) is 4.79 Å². The fourth-order valence-corrected chi connectivity index (χ4v) is 5.54. The Bertz CT molecular complexity index is 1200. The maximum absolute atomic E-state index is 13.3. The summed E-state index contributed by atoms with van der Waals surface area (Å²) in [6.45, 7) is 5.76. The van der Waals surface area contributed by atoms with Crippen LogP contribution in [0.4, 0.5) is 16.2 Å². The number of aryl methyl sites for hydroxylation is 1. The van der Waals surface area contributed by atoms with Crippen LogP contribution >= 0.6 is 11.6 Å². The van der Waals surface area contributed by atoms with Crippen LogP contribution in [0.1, 0.15) is 29.5 Å². The van der Waals surface area contributed by atoms with E-state index in [0.29, 0.717) is 17.3 Å². The van der Waals surface area contributed by atoms with Crippen molar-refractivity contribution in [1.29, 1.82) is 0 Å². The number of likely N-dealkylation sites (tertiary alicyclic amines) is 1. The third-order valence-electron chi connectivity index (χ3n) is 7.15. The van der Waals surface area contributed by atoms with Crippen molar-refractivity contribution in [3.05, 3.63) is 88.4 Å². The van der Waals surface area contributed by atoms with Gasteiger partial charge in [0, 0.05) is 34.9 Å². The highest BCUT2D eigenvalue weighted by Gasteiger charge is 2.46. The van der Waals surface area contributed by atoms with E-state index in [1.807, 2.05) is 29.2 Å². The van der Waals surface area contributed by atoms with Gasteiger partial charge in [-0.1, -0.05) is 47.5 Å². The van der Waals surface area contributed by atoms with Gasteiger partial charge in [0.15, 0.2) is 0 Å². The summed E-state index contributed by atoms with van der Waals surface area (Å²) >= 11 is 6.12. The number of rotatable bonds is 4. The molecule has 2 heterocycles. The molecule has 1 saturated heterocycles. The Balaban J connectivity index is 1.36. The highest BCUT2D eigenvalue weighted by Crippen LogP contribution is 2.48. The minimum Gasteiger partial charge on any atom is -0.497 e. The van der Waals surface area contributed by atoms with Crippen LogP contribution in [0.25, 0.3) is 0 Å². The molecule has 176 valence electrons. The molecular formula is C28H30ClN3O2. The third kappa shape index (κ3) is 4.50. The summed E-state index contributed by atoms with van der Waals surface area (Å²) in [6.07, 6.45) is 2.00. The molecule has 1 N–H and O–H groups in total. The molecule has 34 heavy (non-hydrogen) atoms. The maximum atomic E-state index is 13.3. The quantitative estimate of drug-likeness (QED) is 0.485. The summed E-state index contributed by atoms with van der Waals surface area (Å²) in [7, 11) is 1.69. The van der Waals surface area contributed by atoms with E-state index in [2.05, 4.69) is 47.5 Å². The van der Waals surface area contributed by atoms with Gasteiger partial charge in [-0.25, -0.2) is 4.79 Å². The van der Waals surface area contributed by atoms with E-state index < -0.39 is 0 Å². The van der Waals surface area contributed by atoms with Crippen molar-refractivity contribution >= 4 is 29.0 Å². The lowest BCUT2D eigenvalue weighted by Crippen LogP contribution is -2.46. The summed E-state index contributed by atoms with van der Waals surface area (Å²) < 4.78 is 5.55. The Labute approximate surface area is 206 Å². The minimum atomic E-state index is -0.132. The Hall–Kier alpha value is -3.02. The van der Waals surface area contributed by atoms with Gasteiger partial charge in [0.05, 0.1) is 7.11 Å². The standard InChI is InChI=1S/C28H30ClN3O2/c1-20-5-3-6-21(15-20)18-31-13-11-28(12-14-31)19-32(26-10-9-24(34-2)17-25(26)28)27(33)30-23-8-4-7-22(29)16-23/h3-10,15-17H,11-14,18-19H2,1-2H3,(H,30,33). The first-order valence-corrected chi connectivity index (χ1v) is 12.1. The molecule has 2 aliphatic heterocycles.